The molecule has 1 fully saturated rings. The second-order valence-corrected chi connectivity index (χ2v) is 6.25. The van der Waals surface area contributed by atoms with E-state index >= 15 is 0 Å². The van der Waals surface area contributed by atoms with E-state index in [0.29, 0.717) is 12.5 Å². The van der Waals surface area contributed by atoms with E-state index in [1.807, 2.05) is 36.4 Å². The number of rotatable bonds is 5. The Morgan fingerprint density at radius 3 is 2.70 bits per heavy atom. The van der Waals surface area contributed by atoms with Gasteiger partial charge in [0.2, 0.25) is 0 Å². The fourth-order valence-corrected chi connectivity index (χ4v) is 3.24. The van der Waals surface area contributed by atoms with Crippen molar-refractivity contribution in [3.63, 3.8) is 0 Å². The second-order valence-electron chi connectivity index (χ2n) is 5.81. The zero-order valence-corrected chi connectivity index (χ0v) is 14.1. The minimum atomic E-state index is 0.148. The molecule has 0 spiro atoms. The molecule has 2 atom stereocenters. The number of benzene rings is 2. The molecule has 0 aliphatic carbocycles. The van der Waals surface area contributed by atoms with Crippen LogP contribution in [-0.4, -0.2) is 26.3 Å². The van der Waals surface area contributed by atoms with Crippen molar-refractivity contribution in [1.82, 2.24) is 5.32 Å². The van der Waals surface area contributed by atoms with E-state index in [1.54, 1.807) is 7.11 Å². The minimum Gasteiger partial charge on any atom is -0.496 e. The SMILES string of the molecule is COc1ccccc1COC1CNCCC1c1ccc(Cl)cc1. The molecule has 3 rings (SSSR count). The van der Waals surface area contributed by atoms with Gasteiger partial charge in [-0.3, -0.25) is 0 Å². The Hall–Kier alpha value is -1.55. The van der Waals surface area contributed by atoms with Crippen LogP contribution in [0.25, 0.3) is 0 Å². The summed E-state index contributed by atoms with van der Waals surface area (Å²) in [5, 5.41) is 4.20. The predicted molar refractivity (Wildman–Crippen MR) is 93.3 cm³/mol. The summed E-state index contributed by atoms with van der Waals surface area (Å²) >= 11 is 6.00. The van der Waals surface area contributed by atoms with E-state index in [2.05, 4.69) is 17.4 Å². The van der Waals surface area contributed by atoms with Crippen LogP contribution in [0.4, 0.5) is 0 Å². The summed E-state index contributed by atoms with van der Waals surface area (Å²) < 4.78 is 11.6. The maximum Gasteiger partial charge on any atom is 0.124 e. The van der Waals surface area contributed by atoms with Gasteiger partial charge in [-0.1, -0.05) is 41.9 Å². The van der Waals surface area contributed by atoms with Gasteiger partial charge in [-0.15, -0.1) is 0 Å². The van der Waals surface area contributed by atoms with Crippen molar-refractivity contribution in [2.75, 3.05) is 20.2 Å². The molecule has 1 saturated heterocycles. The van der Waals surface area contributed by atoms with Crippen molar-refractivity contribution in [1.29, 1.82) is 0 Å². The Balaban J connectivity index is 1.70. The van der Waals surface area contributed by atoms with E-state index < -0.39 is 0 Å². The lowest BCUT2D eigenvalue weighted by atomic mass is 9.88. The largest absolute Gasteiger partial charge is 0.496 e. The fraction of sp³-hybridized carbons (Fsp3) is 0.368. The molecule has 1 aliphatic heterocycles. The van der Waals surface area contributed by atoms with Crippen molar-refractivity contribution in [3.8, 4) is 5.75 Å². The number of hydrogen-bond acceptors (Lipinski definition) is 3. The fourth-order valence-electron chi connectivity index (χ4n) is 3.12. The predicted octanol–water partition coefficient (Wildman–Crippen LogP) is 4.01. The average molecular weight is 332 g/mol. The molecule has 2 aromatic carbocycles. The van der Waals surface area contributed by atoms with Gasteiger partial charge in [-0.05, 0) is 36.7 Å². The Morgan fingerprint density at radius 2 is 1.91 bits per heavy atom. The lowest BCUT2D eigenvalue weighted by molar-refractivity contribution is 0.00983. The molecule has 0 aromatic heterocycles. The van der Waals surface area contributed by atoms with Crippen molar-refractivity contribution in [2.24, 2.45) is 0 Å². The molecular weight excluding hydrogens is 310 g/mol. The number of hydrogen-bond donors (Lipinski definition) is 1. The van der Waals surface area contributed by atoms with E-state index in [1.165, 1.54) is 5.56 Å². The summed E-state index contributed by atoms with van der Waals surface area (Å²) in [5.74, 6) is 1.27. The maximum atomic E-state index is 6.23. The van der Waals surface area contributed by atoms with Crippen molar-refractivity contribution < 1.29 is 9.47 Å². The quantitative estimate of drug-likeness (QED) is 0.898. The number of nitrogens with one attached hydrogen (secondary N) is 1. The number of ether oxygens (including phenoxy) is 2. The van der Waals surface area contributed by atoms with Crippen LogP contribution in [-0.2, 0) is 11.3 Å². The van der Waals surface area contributed by atoms with Crippen molar-refractivity contribution in [2.45, 2.75) is 25.0 Å². The topological polar surface area (TPSA) is 30.5 Å². The summed E-state index contributed by atoms with van der Waals surface area (Å²) in [6.07, 6.45) is 1.22. The standard InChI is InChI=1S/C19H22ClNO2/c1-22-18-5-3-2-4-15(18)13-23-19-12-21-11-10-17(19)14-6-8-16(20)9-7-14/h2-9,17,19,21H,10-13H2,1H3. The first kappa shape index (κ1) is 16.3. The molecule has 0 amide bonds. The Labute approximate surface area is 142 Å². The third-order valence-corrected chi connectivity index (χ3v) is 4.62. The van der Waals surface area contributed by atoms with Crippen LogP contribution in [0.5, 0.6) is 5.75 Å². The summed E-state index contributed by atoms with van der Waals surface area (Å²) in [6.45, 7) is 2.44. The zero-order valence-electron chi connectivity index (χ0n) is 13.3. The molecule has 23 heavy (non-hydrogen) atoms. The van der Waals surface area contributed by atoms with Gasteiger partial charge in [0, 0.05) is 23.0 Å². The molecule has 2 aromatic rings. The second kappa shape index (κ2) is 7.82. The summed E-state index contributed by atoms with van der Waals surface area (Å²) in [6, 6.07) is 16.1. The Morgan fingerprint density at radius 1 is 1.13 bits per heavy atom. The molecule has 1 aliphatic rings. The van der Waals surface area contributed by atoms with Gasteiger partial charge < -0.3 is 14.8 Å². The highest BCUT2D eigenvalue weighted by atomic mass is 35.5. The summed E-state index contributed by atoms with van der Waals surface area (Å²) in [7, 11) is 1.69. The first-order chi connectivity index (χ1) is 11.3. The van der Waals surface area contributed by atoms with Gasteiger partial charge in [-0.25, -0.2) is 0 Å². The van der Waals surface area contributed by atoms with E-state index in [0.717, 1.165) is 35.8 Å². The van der Waals surface area contributed by atoms with Gasteiger partial charge in [0.05, 0.1) is 19.8 Å². The molecular formula is C19H22ClNO2. The molecule has 2 unspecified atom stereocenters. The highest BCUT2D eigenvalue weighted by Gasteiger charge is 2.27. The third kappa shape index (κ3) is 4.05. The lowest BCUT2D eigenvalue weighted by Gasteiger charge is -2.32. The van der Waals surface area contributed by atoms with Crippen LogP contribution >= 0.6 is 11.6 Å². The summed E-state index contributed by atoms with van der Waals surface area (Å²) in [4.78, 5) is 0. The van der Waals surface area contributed by atoms with Crippen LogP contribution in [0.1, 0.15) is 23.5 Å². The highest BCUT2D eigenvalue weighted by molar-refractivity contribution is 6.30. The van der Waals surface area contributed by atoms with E-state index in [-0.39, 0.29) is 6.10 Å². The number of para-hydroxylation sites is 1. The monoisotopic (exact) mass is 331 g/mol. The zero-order chi connectivity index (χ0) is 16.1. The van der Waals surface area contributed by atoms with E-state index in [9.17, 15) is 0 Å². The lowest BCUT2D eigenvalue weighted by Crippen LogP contribution is -2.40. The molecule has 4 heteroatoms. The van der Waals surface area contributed by atoms with Crippen LogP contribution in [0.15, 0.2) is 48.5 Å². The molecule has 0 saturated carbocycles. The molecule has 1 heterocycles. The Bertz CT molecular complexity index is 630. The van der Waals surface area contributed by atoms with Gasteiger partial charge >= 0.3 is 0 Å². The number of halogens is 1. The first-order valence-electron chi connectivity index (χ1n) is 7.97. The van der Waals surface area contributed by atoms with Gasteiger partial charge in [0.15, 0.2) is 0 Å². The highest BCUT2D eigenvalue weighted by Crippen LogP contribution is 2.30. The van der Waals surface area contributed by atoms with Crippen LogP contribution in [0.2, 0.25) is 5.02 Å². The average Bonchev–Trinajstić information content (AvgIpc) is 2.61. The number of methoxy groups -OCH3 is 1. The molecule has 122 valence electrons. The van der Waals surface area contributed by atoms with Gasteiger partial charge in [0.25, 0.3) is 0 Å². The van der Waals surface area contributed by atoms with Crippen LogP contribution in [0, 0.1) is 0 Å². The third-order valence-electron chi connectivity index (χ3n) is 4.37. The summed E-state index contributed by atoms with van der Waals surface area (Å²) in [5.41, 5.74) is 2.37. The molecule has 3 nitrogen and oxygen atoms in total. The maximum absolute atomic E-state index is 6.23. The molecule has 1 N–H and O–H groups in total. The van der Waals surface area contributed by atoms with Crippen LogP contribution in [0.3, 0.4) is 0 Å². The smallest absolute Gasteiger partial charge is 0.124 e. The van der Waals surface area contributed by atoms with Crippen molar-refractivity contribution in [3.05, 3.63) is 64.7 Å². The van der Waals surface area contributed by atoms with Crippen molar-refractivity contribution >= 4 is 11.6 Å². The first-order valence-corrected chi connectivity index (χ1v) is 8.35. The number of piperidine rings is 1. The van der Waals surface area contributed by atoms with Gasteiger partial charge in [0.1, 0.15) is 5.75 Å². The van der Waals surface area contributed by atoms with Crippen LogP contribution < -0.4 is 10.1 Å². The molecule has 0 radical (unpaired) electrons. The minimum absolute atomic E-state index is 0.148. The normalized spacial score (nSPS) is 21.1. The Kier molecular flexibility index (Phi) is 5.55. The molecule has 0 bridgehead atoms. The van der Waals surface area contributed by atoms with Gasteiger partial charge in [-0.2, -0.15) is 0 Å². The van der Waals surface area contributed by atoms with E-state index in [4.69, 9.17) is 21.1 Å².